The summed E-state index contributed by atoms with van der Waals surface area (Å²) in [5, 5.41) is 2.77. The van der Waals surface area contributed by atoms with Crippen LogP contribution in [0.1, 0.15) is 44.1 Å². The van der Waals surface area contributed by atoms with Crippen molar-refractivity contribution >= 4 is 17.5 Å². The summed E-state index contributed by atoms with van der Waals surface area (Å²) in [4.78, 5) is 0. The van der Waals surface area contributed by atoms with Crippen molar-refractivity contribution in [3.8, 4) is 0 Å². The third kappa shape index (κ3) is 2.75. The van der Waals surface area contributed by atoms with E-state index in [1.54, 1.807) is 0 Å². The predicted molar refractivity (Wildman–Crippen MR) is 93.4 cm³/mol. The fourth-order valence-corrected chi connectivity index (χ4v) is 5.01. The Kier molecular flexibility index (Phi) is 3.75. The second-order valence-corrected chi connectivity index (χ2v) is 7.27. The minimum atomic E-state index is 1.03. The molecule has 2 heterocycles. The van der Waals surface area contributed by atoms with Crippen LogP contribution in [0.3, 0.4) is 0 Å². The third-order valence-corrected chi connectivity index (χ3v) is 6.09. The number of rotatable bonds is 3. The van der Waals surface area contributed by atoms with Gasteiger partial charge in [-0.05, 0) is 22.8 Å². The molecule has 0 atom stereocenters. The molecule has 0 unspecified atom stereocenters. The zero-order valence-electron chi connectivity index (χ0n) is 12.9. The van der Waals surface area contributed by atoms with E-state index in [4.69, 9.17) is 0 Å². The number of fused-ring (bicyclic) bond motifs is 3. The van der Waals surface area contributed by atoms with Gasteiger partial charge < -0.3 is 0 Å². The lowest BCUT2D eigenvalue weighted by Gasteiger charge is -2.40. The summed E-state index contributed by atoms with van der Waals surface area (Å²) in [5.41, 5.74) is 1.54. The van der Waals surface area contributed by atoms with Crippen molar-refractivity contribution in [3.63, 3.8) is 0 Å². The number of aryl methyl sites for hydroxylation is 1. The SMILES string of the molecule is c1ccc2cc(CCB3C4CCCC3CCC4)ccc2c1. The first kappa shape index (κ1) is 13.4. The molecule has 0 N–H and O–H groups in total. The zero-order valence-corrected chi connectivity index (χ0v) is 12.9. The highest BCUT2D eigenvalue weighted by atomic mass is 14.2. The fourth-order valence-electron chi connectivity index (χ4n) is 5.01. The molecule has 2 aliphatic rings. The summed E-state index contributed by atoms with van der Waals surface area (Å²) in [5.74, 6) is 2.11. The Hall–Kier alpha value is -1.24. The van der Waals surface area contributed by atoms with Gasteiger partial charge in [-0.1, -0.05) is 98.9 Å². The lowest BCUT2D eigenvalue weighted by atomic mass is 9.25. The number of hydrogen-bond donors (Lipinski definition) is 0. The molecule has 21 heavy (non-hydrogen) atoms. The minimum Gasteiger partial charge on any atom is -0.0696 e. The van der Waals surface area contributed by atoms with E-state index in [1.807, 2.05) is 0 Å². The Bertz CT molecular complexity index is 596. The van der Waals surface area contributed by atoms with Gasteiger partial charge in [0, 0.05) is 0 Å². The molecule has 2 aromatic carbocycles. The van der Waals surface area contributed by atoms with Crippen LogP contribution in [0.5, 0.6) is 0 Å². The predicted octanol–water partition coefficient (Wildman–Crippen LogP) is 5.99. The first-order valence-electron chi connectivity index (χ1n) is 8.88. The van der Waals surface area contributed by atoms with Crippen molar-refractivity contribution in [2.24, 2.45) is 0 Å². The molecule has 0 saturated carbocycles. The molecule has 2 saturated heterocycles. The van der Waals surface area contributed by atoms with Crippen LogP contribution in [0.2, 0.25) is 18.0 Å². The van der Waals surface area contributed by atoms with E-state index in [9.17, 15) is 0 Å². The fraction of sp³-hybridized carbons (Fsp3) is 0.500. The summed E-state index contributed by atoms with van der Waals surface area (Å²) in [6.07, 6.45) is 11.8. The highest BCUT2D eigenvalue weighted by Crippen LogP contribution is 2.47. The van der Waals surface area contributed by atoms with Crippen molar-refractivity contribution in [2.75, 3.05) is 0 Å². The monoisotopic (exact) mass is 276 g/mol. The van der Waals surface area contributed by atoms with E-state index in [2.05, 4.69) is 42.5 Å². The van der Waals surface area contributed by atoms with Gasteiger partial charge in [0.15, 0.2) is 0 Å². The highest BCUT2D eigenvalue weighted by Gasteiger charge is 2.38. The first-order valence-corrected chi connectivity index (χ1v) is 8.88. The molecule has 2 bridgehead atoms. The molecule has 0 radical (unpaired) electrons. The van der Waals surface area contributed by atoms with Crippen molar-refractivity contribution in [1.82, 2.24) is 0 Å². The molecular weight excluding hydrogens is 251 g/mol. The van der Waals surface area contributed by atoms with Crippen molar-refractivity contribution in [1.29, 1.82) is 0 Å². The first-order chi connectivity index (χ1) is 10.4. The Balaban J connectivity index is 1.47. The van der Waals surface area contributed by atoms with Gasteiger partial charge in [-0.15, -0.1) is 0 Å². The van der Waals surface area contributed by atoms with E-state index >= 15 is 0 Å². The number of hydrogen-bond acceptors (Lipinski definition) is 0. The van der Waals surface area contributed by atoms with Gasteiger partial charge in [-0.25, -0.2) is 0 Å². The third-order valence-electron chi connectivity index (χ3n) is 6.09. The van der Waals surface area contributed by atoms with Crippen LogP contribution in [0.4, 0.5) is 0 Å². The molecule has 0 spiro atoms. The Morgan fingerprint density at radius 2 is 1.48 bits per heavy atom. The van der Waals surface area contributed by atoms with Crippen molar-refractivity contribution in [3.05, 3.63) is 48.0 Å². The number of benzene rings is 2. The molecule has 0 aliphatic carbocycles. The molecule has 0 nitrogen and oxygen atoms in total. The Morgan fingerprint density at radius 1 is 0.810 bits per heavy atom. The zero-order chi connectivity index (χ0) is 14.1. The Morgan fingerprint density at radius 3 is 2.19 bits per heavy atom. The molecular formula is C20H25B. The van der Waals surface area contributed by atoms with Gasteiger partial charge in [0.05, 0.1) is 0 Å². The van der Waals surface area contributed by atoms with Crippen LogP contribution in [0, 0.1) is 0 Å². The maximum atomic E-state index is 2.41. The molecule has 2 fully saturated rings. The van der Waals surface area contributed by atoms with Crippen LogP contribution in [-0.2, 0) is 6.42 Å². The van der Waals surface area contributed by atoms with Gasteiger partial charge in [-0.3, -0.25) is 0 Å². The Labute approximate surface area is 129 Å². The molecule has 4 rings (SSSR count). The molecule has 2 aromatic rings. The van der Waals surface area contributed by atoms with Gasteiger partial charge in [0.25, 0.3) is 0 Å². The van der Waals surface area contributed by atoms with E-state index < -0.39 is 0 Å². The summed E-state index contributed by atoms with van der Waals surface area (Å²) < 4.78 is 0. The smallest absolute Gasteiger partial charge is 0.0696 e. The average Bonchev–Trinajstić information content (AvgIpc) is 2.52. The maximum Gasteiger partial charge on any atom is 0.146 e. The van der Waals surface area contributed by atoms with Crippen LogP contribution in [0.15, 0.2) is 42.5 Å². The summed E-state index contributed by atoms with van der Waals surface area (Å²) in [6, 6.07) is 15.8. The average molecular weight is 276 g/mol. The standard InChI is InChI=1S/C20H25B/c1-2-6-18-15-16(11-12-17(18)5-1)13-14-21-19-7-3-8-20(21)10-4-9-19/h1-2,5-6,11-12,15,19-20H,3-4,7-10,13-14H2. The summed E-state index contributed by atoms with van der Waals surface area (Å²) in [7, 11) is 0. The topological polar surface area (TPSA) is 0 Å². The van der Waals surface area contributed by atoms with E-state index in [0.29, 0.717) is 0 Å². The highest BCUT2D eigenvalue weighted by molar-refractivity contribution is 6.62. The lowest BCUT2D eigenvalue weighted by molar-refractivity contribution is 0.441. The van der Waals surface area contributed by atoms with Crippen LogP contribution >= 0.6 is 0 Å². The van der Waals surface area contributed by atoms with E-state index in [-0.39, 0.29) is 0 Å². The largest absolute Gasteiger partial charge is 0.146 e. The van der Waals surface area contributed by atoms with Gasteiger partial charge >= 0.3 is 0 Å². The molecule has 1 heteroatoms. The molecule has 0 amide bonds. The van der Waals surface area contributed by atoms with Crippen molar-refractivity contribution in [2.45, 2.75) is 62.9 Å². The van der Waals surface area contributed by atoms with E-state index in [0.717, 1.165) is 18.3 Å². The molecule has 108 valence electrons. The van der Waals surface area contributed by atoms with E-state index in [1.165, 1.54) is 67.6 Å². The quantitative estimate of drug-likeness (QED) is 0.604. The second kappa shape index (κ2) is 5.87. The summed E-state index contributed by atoms with van der Waals surface area (Å²) in [6.45, 7) is 1.03. The van der Waals surface area contributed by atoms with Crippen molar-refractivity contribution < 1.29 is 0 Å². The van der Waals surface area contributed by atoms with Gasteiger partial charge in [0.1, 0.15) is 6.71 Å². The maximum absolute atomic E-state index is 2.41. The summed E-state index contributed by atoms with van der Waals surface area (Å²) >= 11 is 0. The second-order valence-electron chi connectivity index (χ2n) is 7.27. The van der Waals surface area contributed by atoms with Crippen LogP contribution in [-0.4, -0.2) is 6.71 Å². The normalized spacial score (nSPS) is 25.2. The molecule has 2 aliphatic heterocycles. The minimum absolute atomic E-state index is 1.03. The van der Waals surface area contributed by atoms with Crippen LogP contribution < -0.4 is 0 Å². The van der Waals surface area contributed by atoms with Gasteiger partial charge in [0.2, 0.25) is 0 Å². The lowest BCUT2D eigenvalue weighted by Crippen LogP contribution is -2.34. The molecule has 0 aromatic heterocycles. The van der Waals surface area contributed by atoms with Crippen LogP contribution in [0.25, 0.3) is 10.8 Å². The van der Waals surface area contributed by atoms with Gasteiger partial charge in [-0.2, -0.15) is 0 Å².